The first-order valence-electron chi connectivity index (χ1n) is 7.81. The molecular formula is C17H20N2OS. The lowest BCUT2D eigenvalue weighted by Gasteiger charge is -2.27. The van der Waals surface area contributed by atoms with E-state index >= 15 is 0 Å². The molecule has 0 aromatic carbocycles. The van der Waals surface area contributed by atoms with Crippen molar-refractivity contribution in [3.05, 3.63) is 29.4 Å². The van der Waals surface area contributed by atoms with Crippen molar-refractivity contribution in [2.24, 2.45) is 0 Å². The van der Waals surface area contributed by atoms with Crippen LogP contribution in [0.25, 0.3) is 21.1 Å². The zero-order valence-corrected chi connectivity index (χ0v) is 13.1. The Morgan fingerprint density at radius 1 is 1.33 bits per heavy atom. The van der Waals surface area contributed by atoms with Crippen LogP contribution in [-0.4, -0.2) is 14.7 Å². The molecule has 0 saturated heterocycles. The zero-order chi connectivity index (χ0) is 14.4. The Balaban J connectivity index is 2.03. The normalized spacial score (nSPS) is 18.6. The van der Waals surface area contributed by atoms with Crippen LogP contribution < -0.4 is 0 Å². The molecule has 0 bridgehead atoms. The fraction of sp³-hybridized carbons (Fsp3) is 0.471. The van der Waals surface area contributed by atoms with Crippen molar-refractivity contribution in [2.75, 3.05) is 0 Å². The second-order valence-corrected chi connectivity index (χ2v) is 7.02. The van der Waals surface area contributed by atoms with E-state index in [-0.39, 0.29) is 0 Å². The summed E-state index contributed by atoms with van der Waals surface area (Å²) in [6.07, 6.45) is 7.89. The molecule has 4 heteroatoms. The van der Waals surface area contributed by atoms with Gasteiger partial charge in [0.25, 0.3) is 0 Å². The maximum Gasteiger partial charge on any atom is 0.0912 e. The number of hydrogen-bond acceptors (Lipinski definition) is 3. The Hall–Kier alpha value is -1.39. The largest absolute Gasteiger partial charge is 0.387 e. The van der Waals surface area contributed by atoms with E-state index in [9.17, 15) is 5.11 Å². The van der Waals surface area contributed by atoms with Gasteiger partial charge in [0.2, 0.25) is 0 Å². The summed E-state index contributed by atoms with van der Waals surface area (Å²) in [6.45, 7) is 1.87. The van der Waals surface area contributed by atoms with E-state index in [1.165, 1.54) is 42.3 Å². The van der Waals surface area contributed by atoms with Crippen molar-refractivity contribution >= 4 is 32.5 Å². The van der Waals surface area contributed by atoms with Gasteiger partial charge in [-0.1, -0.05) is 19.3 Å². The van der Waals surface area contributed by atoms with Gasteiger partial charge in [-0.05, 0) is 37.3 Å². The number of aliphatic hydroxyl groups is 1. The molecule has 0 aliphatic heterocycles. The van der Waals surface area contributed by atoms with Crippen LogP contribution in [0.2, 0.25) is 0 Å². The quantitative estimate of drug-likeness (QED) is 0.737. The van der Waals surface area contributed by atoms with Crippen molar-refractivity contribution < 1.29 is 5.11 Å². The lowest BCUT2D eigenvalue weighted by Crippen LogP contribution is -2.16. The third-order valence-electron chi connectivity index (χ3n) is 4.67. The summed E-state index contributed by atoms with van der Waals surface area (Å²) in [6, 6.07) is 4.73. The molecule has 4 rings (SSSR count). The predicted molar refractivity (Wildman–Crippen MR) is 87.9 cm³/mol. The SMILES string of the molecule is CC(O)c1cc2cnc3ccsc3c2n1C1CCCCC1. The second-order valence-electron chi connectivity index (χ2n) is 6.10. The van der Waals surface area contributed by atoms with Crippen molar-refractivity contribution in [3.63, 3.8) is 0 Å². The van der Waals surface area contributed by atoms with Gasteiger partial charge in [-0.15, -0.1) is 11.3 Å². The van der Waals surface area contributed by atoms with Gasteiger partial charge in [0.15, 0.2) is 0 Å². The molecule has 1 atom stereocenters. The number of rotatable bonds is 2. The molecule has 1 aliphatic carbocycles. The molecule has 110 valence electrons. The number of aliphatic hydroxyl groups excluding tert-OH is 1. The lowest BCUT2D eigenvalue weighted by molar-refractivity contribution is 0.183. The number of nitrogens with zero attached hydrogens (tertiary/aromatic N) is 2. The van der Waals surface area contributed by atoms with E-state index in [2.05, 4.69) is 27.1 Å². The Kier molecular flexibility index (Phi) is 3.23. The van der Waals surface area contributed by atoms with Gasteiger partial charge in [0.05, 0.1) is 21.8 Å². The molecular weight excluding hydrogens is 280 g/mol. The molecule has 1 saturated carbocycles. The standard InChI is InChI=1S/C17H20N2OS/c1-11(20)15-9-12-10-18-14-7-8-21-17(14)16(12)19(15)13-5-3-2-4-6-13/h7-11,13,20H,2-6H2,1H3. The highest BCUT2D eigenvalue weighted by Crippen LogP contribution is 2.39. The monoisotopic (exact) mass is 300 g/mol. The third kappa shape index (κ3) is 2.09. The van der Waals surface area contributed by atoms with Crippen molar-refractivity contribution in [1.29, 1.82) is 0 Å². The Labute approximate surface area is 128 Å². The predicted octanol–water partition coefficient (Wildman–Crippen LogP) is 4.81. The van der Waals surface area contributed by atoms with E-state index in [0.717, 1.165) is 16.6 Å². The van der Waals surface area contributed by atoms with Crippen molar-refractivity contribution in [1.82, 2.24) is 9.55 Å². The van der Waals surface area contributed by atoms with E-state index in [1.807, 2.05) is 13.1 Å². The van der Waals surface area contributed by atoms with Crippen LogP contribution >= 0.6 is 11.3 Å². The molecule has 3 aromatic rings. The van der Waals surface area contributed by atoms with Gasteiger partial charge in [-0.3, -0.25) is 4.98 Å². The van der Waals surface area contributed by atoms with Crippen molar-refractivity contribution in [3.8, 4) is 0 Å². The maximum atomic E-state index is 10.2. The zero-order valence-electron chi connectivity index (χ0n) is 12.2. The molecule has 21 heavy (non-hydrogen) atoms. The minimum atomic E-state index is -0.436. The molecule has 0 spiro atoms. The summed E-state index contributed by atoms with van der Waals surface area (Å²) in [5, 5.41) is 13.5. The highest BCUT2D eigenvalue weighted by molar-refractivity contribution is 7.18. The summed E-state index contributed by atoms with van der Waals surface area (Å²) in [7, 11) is 0. The lowest BCUT2D eigenvalue weighted by atomic mass is 9.95. The molecule has 0 radical (unpaired) electrons. The smallest absolute Gasteiger partial charge is 0.0912 e. The van der Waals surface area contributed by atoms with Gasteiger partial charge in [0.1, 0.15) is 0 Å². The van der Waals surface area contributed by atoms with Crippen LogP contribution in [0.3, 0.4) is 0 Å². The summed E-state index contributed by atoms with van der Waals surface area (Å²) < 4.78 is 3.67. The second kappa shape index (κ2) is 5.11. The van der Waals surface area contributed by atoms with Crippen LogP contribution in [0.15, 0.2) is 23.7 Å². The highest BCUT2D eigenvalue weighted by Gasteiger charge is 2.23. The molecule has 1 unspecified atom stereocenters. The van der Waals surface area contributed by atoms with E-state index in [4.69, 9.17) is 0 Å². The van der Waals surface area contributed by atoms with Crippen LogP contribution in [0.4, 0.5) is 0 Å². The van der Waals surface area contributed by atoms with E-state index in [1.54, 1.807) is 11.3 Å². The van der Waals surface area contributed by atoms with Gasteiger partial charge in [0, 0.05) is 23.3 Å². The minimum absolute atomic E-state index is 0.436. The molecule has 3 nitrogen and oxygen atoms in total. The fourth-order valence-electron chi connectivity index (χ4n) is 3.68. The van der Waals surface area contributed by atoms with Crippen molar-refractivity contribution in [2.45, 2.75) is 51.2 Å². The molecule has 3 aromatic heterocycles. The van der Waals surface area contributed by atoms with Crippen LogP contribution in [0.1, 0.15) is 56.9 Å². The summed E-state index contributed by atoms with van der Waals surface area (Å²) in [4.78, 5) is 4.54. The summed E-state index contributed by atoms with van der Waals surface area (Å²) in [5.41, 5.74) is 3.39. The maximum absolute atomic E-state index is 10.2. The molecule has 3 heterocycles. The number of fused-ring (bicyclic) bond motifs is 3. The topological polar surface area (TPSA) is 38.1 Å². The Morgan fingerprint density at radius 2 is 2.14 bits per heavy atom. The van der Waals surface area contributed by atoms with E-state index in [0.29, 0.717) is 6.04 Å². The Morgan fingerprint density at radius 3 is 2.90 bits per heavy atom. The first-order valence-corrected chi connectivity index (χ1v) is 8.69. The van der Waals surface area contributed by atoms with Gasteiger partial charge in [-0.2, -0.15) is 0 Å². The average Bonchev–Trinajstić information content (AvgIpc) is 3.11. The molecule has 1 N–H and O–H groups in total. The Bertz CT molecular complexity index is 781. The molecule has 0 amide bonds. The summed E-state index contributed by atoms with van der Waals surface area (Å²) >= 11 is 1.76. The number of aromatic nitrogens is 2. The van der Waals surface area contributed by atoms with Crippen LogP contribution in [-0.2, 0) is 0 Å². The number of pyridine rings is 1. The number of thiophene rings is 1. The first-order chi connectivity index (χ1) is 10.3. The summed E-state index contributed by atoms with van der Waals surface area (Å²) in [5.74, 6) is 0. The van der Waals surface area contributed by atoms with Gasteiger partial charge in [-0.25, -0.2) is 0 Å². The van der Waals surface area contributed by atoms with Gasteiger partial charge >= 0.3 is 0 Å². The van der Waals surface area contributed by atoms with Crippen LogP contribution in [0.5, 0.6) is 0 Å². The van der Waals surface area contributed by atoms with Crippen LogP contribution in [0, 0.1) is 0 Å². The number of hydrogen-bond donors (Lipinski definition) is 1. The average molecular weight is 300 g/mol. The van der Waals surface area contributed by atoms with Gasteiger partial charge < -0.3 is 9.67 Å². The third-order valence-corrected chi connectivity index (χ3v) is 5.58. The minimum Gasteiger partial charge on any atom is -0.387 e. The highest BCUT2D eigenvalue weighted by atomic mass is 32.1. The van der Waals surface area contributed by atoms with E-state index < -0.39 is 6.10 Å². The fourth-order valence-corrected chi connectivity index (χ4v) is 4.58. The molecule has 1 fully saturated rings. The first kappa shape index (κ1) is 13.3. The molecule has 1 aliphatic rings.